The molecule has 1 amide bonds. The van der Waals surface area contributed by atoms with Gasteiger partial charge in [0.2, 0.25) is 0 Å². The Morgan fingerprint density at radius 3 is 2.87 bits per heavy atom. The number of hydrogen-bond acceptors (Lipinski definition) is 3. The van der Waals surface area contributed by atoms with Crippen molar-refractivity contribution in [2.75, 3.05) is 13.2 Å². The van der Waals surface area contributed by atoms with E-state index in [1.165, 1.54) is 6.07 Å². The molecule has 0 spiro atoms. The predicted molar refractivity (Wildman–Crippen MR) is 46.9 cm³/mol. The number of amides is 1. The molecule has 2 N–H and O–H groups in total. The van der Waals surface area contributed by atoms with Gasteiger partial charge < -0.3 is 5.11 Å². The van der Waals surface area contributed by atoms with Gasteiger partial charge in [-0.2, -0.15) is 0 Å². The molecule has 0 aromatic heterocycles. The molecule has 0 bridgehead atoms. The van der Waals surface area contributed by atoms with Gasteiger partial charge in [-0.15, -0.1) is 0 Å². The Bertz CT molecular complexity index is 357. The van der Waals surface area contributed by atoms with Gasteiger partial charge in [-0.25, -0.2) is 14.3 Å². The summed E-state index contributed by atoms with van der Waals surface area (Å²) in [6.07, 6.45) is 0. The largest absolute Gasteiger partial charge is 0.394 e. The molecule has 1 aromatic rings. The van der Waals surface area contributed by atoms with Crippen LogP contribution in [-0.2, 0) is 4.84 Å². The summed E-state index contributed by atoms with van der Waals surface area (Å²) in [6, 6.07) is 3.23. The zero-order valence-electron chi connectivity index (χ0n) is 7.67. The van der Waals surface area contributed by atoms with E-state index in [0.717, 1.165) is 12.1 Å². The number of carbonyl (C=O) groups is 1. The molecular formula is C9H9F2NO3. The lowest BCUT2D eigenvalue weighted by molar-refractivity contribution is 0.0165. The lowest BCUT2D eigenvalue weighted by Crippen LogP contribution is -2.26. The van der Waals surface area contributed by atoms with Crippen LogP contribution in [0.15, 0.2) is 18.2 Å². The van der Waals surface area contributed by atoms with Crippen LogP contribution < -0.4 is 5.48 Å². The average molecular weight is 217 g/mol. The Morgan fingerprint density at radius 1 is 1.47 bits per heavy atom. The second kappa shape index (κ2) is 5.38. The molecule has 0 saturated carbocycles. The van der Waals surface area contributed by atoms with Crippen LogP contribution in [0.2, 0.25) is 0 Å². The van der Waals surface area contributed by atoms with Crippen molar-refractivity contribution in [3.05, 3.63) is 35.4 Å². The standard InChI is InChI=1S/C9H9F2NO3/c10-7-3-1-2-6(8(7)11)9(14)12-15-5-4-13/h1-3,13H,4-5H2,(H,12,14). The Labute approximate surface area is 84.4 Å². The maximum atomic E-state index is 13.0. The average Bonchev–Trinajstić information content (AvgIpc) is 2.22. The molecule has 4 nitrogen and oxygen atoms in total. The highest BCUT2D eigenvalue weighted by Gasteiger charge is 2.14. The maximum Gasteiger partial charge on any atom is 0.277 e. The Hall–Kier alpha value is -1.53. The minimum atomic E-state index is -1.23. The van der Waals surface area contributed by atoms with Crippen LogP contribution in [0.3, 0.4) is 0 Å². The molecule has 0 saturated heterocycles. The normalized spacial score (nSPS) is 10.1. The summed E-state index contributed by atoms with van der Waals surface area (Å²) in [5, 5.41) is 8.34. The number of benzene rings is 1. The topological polar surface area (TPSA) is 58.6 Å². The summed E-state index contributed by atoms with van der Waals surface area (Å²) in [6.45, 7) is -0.408. The van der Waals surface area contributed by atoms with Crippen molar-refractivity contribution in [3.63, 3.8) is 0 Å². The highest BCUT2D eigenvalue weighted by molar-refractivity contribution is 5.93. The van der Waals surface area contributed by atoms with E-state index in [4.69, 9.17) is 5.11 Å². The number of aliphatic hydroxyl groups is 1. The molecule has 0 aliphatic rings. The molecule has 0 heterocycles. The molecule has 0 fully saturated rings. The van der Waals surface area contributed by atoms with Crippen LogP contribution >= 0.6 is 0 Å². The van der Waals surface area contributed by atoms with E-state index in [2.05, 4.69) is 4.84 Å². The van der Waals surface area contributed by atoms with Crippen molar-refractivity contribution in [3.8, 4) is 0 Å². The summed E-state index contributed by atoms with van der Waals surface area (Å²) in [5.74, 6) is -3.24. The van der Waals surface area contributed by atoms with Gasteiger partial charge in [-0.3, -0.25) is 9.63 Å². The lowest BCUT2D eigenvalue weighted by atomic mass is 10.2. The third kappa shape index (κ3) is 2.97. The molecule has 82 valence electrons. The molecular weight excluding hydrogens is 208 g/mol. The Kier molecular flexibility index (Phi) is 4.14. The lowest BCUT2D eigenvalue weighted by Gasteiger charge is -2.05. The number of halogens is 2. The number of hydroxylamine groups is 1. The van der Waals surface area contributed by atoms with Crippen LogP contribution in [0, 0.1) is 11.6 Å². The highest BCUT2D eigenvalue weighted by Crippen LogP contribution is 2.10. The van der Waals surface area contributed by atoms with E-state index in [0.29, 0.717) is 0 Å². The number of hydrogen-bond donors (Lipinski definition) is 2. The number of rotatable bonds is 4. The molecule has 0 atom stereocenters. The number of aliphatic hydroxyl groups excluding tert-OH is 1. The fourth-order valence-electron chi connectivity index (χ4n) is 0.896. The summed E-state index contributed by atoms with van der Waals surface area (Å²) in [7, 11) is 0. The van der Waals surface area contributed by atoms with Crippen LogP contribution in [0.25, 0.3) is 0 Å². The van der Waals surface area contributed by atoms with Crippen molar-refractivity contribution >= 4 is 5.91 Å². The summed E-state index contributed by atoms with van der Waals surface area (Å²) in [4.78, 5) is 15.6. The quantitative estimate of drug-likeness (QED) is 0.574. The summed E-state index contributed by atoms with van der Waals surface area (Å²) < 4.78 is 25.7. The van der Waals surface area contributed by atoms with Crippen molar-refractivity contribution in [2.45, 2.75) is 0 Å². The van der Waals surface area contributed by atoms with E-state index in [9.17, 15) is 13.6 Å². The van der Waals surface area contributed by atoms with Crippen LogP contribution in [-0.4, -0.2) is 24.2 Å². The molecule has 6 heteroatoms. The van der Waals surface area contributed by atoms with Crippen molar-refractivity contribution in [1.29, 1.82) is 0 Å². The van der Waals surface area contributed by atoms with Crippen LogP contribution in [0.1, 0.15) is 10.4 Å². The Morgan fingerprint density at radius 2 is 2.20 bits per heavy atom. The smallest absolute Gasteiger partial charge is 0.277 e. The molecule has 1 rings (SSSR count). The van der Waals surface area contributed by atoms with E-state index in [1.54, 1.807) is 0 Å². The summed E-state index contributed by atoms with van der Waals surface area (Å²) >= 11 is 0. The second-order valence-electron chi connectivity index (χ2n) is 2.60. The third-order valence-electron chi connectivity index (χ3n) is 1.55. The van der Waals surface area contributed by atoms with E-state index in [-0.39, 0.29) is 13.2 Å². The van der Waals surface area contributed by atoms with Crippen LogP contribution in [0.5, 0.6) is 0 Å². The first-order valence-corrected chi connectivity index (χ1v) is 4.14. The Balaban J connectivity index is 2.69. The minimum Gasteiger partial charge on any atom is -0.394 e. The molecule has 0 unspecified atom stereocenters. The second-order valence-corrected chi connectivity index (χ2v) is 2.60. The van der Waals surface area contributed by atoms with Gasteiger partial charge in [-0.1, -0.05) is 6.07 Å². The fourth-order valence-corrected chi connectivity index (χ4v) is 0.896. The SMILES string of the molecule is O=C(NOCCO)c1cccc(F)c1F. The first-order chi connectivity index (χ1) is 7.16. The van der Waals surface area contributed by atoms with Gasteiger partial charge >= 0.3 is 0 Å². The van der Waals surface area contributed by atoms with Gasteiger partial charge in [0.05, 0.1) is 18.8 Å². The molecule has 15 heavy (non-hydrogen) atoms. The molecule has 0 radical (unpaired) electrons. The highest BCUT2D eigenvalue weighted by atomic mass is 19.2. The molecule has 0 aliphatic carbocycles. The van der Waals surface area contributed by atoms with E-state index < -0.39 is 23.1 Å². The first-order valence-electron chi connectivity index (χ1n) is 4.14. The van der Waals surface area contributed by atoms with Gasteiger partial charge in [0.1, 0.15) is 0 Å². The first kappa shape index (κ1) is 11.5. The molecule has 1 aromatic carbocycles. The van der Waals surface area contributed by atoms with E-state index in [1.807, 2.05) is 5.48 Å². The zero-order valence-corrected chi connectivity index (χ0v) is 7.67. The number of carbonyl (C=O) groups excluding carboxylic acids is 1. The number of nitrogens with one attached hydrogen (secondary N) is 1. The minimum absolute atomic E-state index is 0.122. The van der Waals surface area contributed by atoms with E-state index >= 15 is 0 Å². The van der Waals surface area contributed by atoms with Crippen molar-refractivity contribution in [1.82, 2.24) is 5.48 Å². The van der Waals surface area contributed by atoms with Crippen molar-refractivity contribution in [2.24, 2.45) is 0 Å². The van der Waals surface area contributed by atoms with Gasteiger partial charge in [0, 0.05) is 0 Å². The van der Waals surface area contributed by atoms with Gasteiger partial charge in [-0.05, 0) is 12.1 Å². The van der Waals surface area contributed by atoms with Gasteiger partial charge in [0.25, 0.3) is 5.91 Å². The third-order valence-corrected chi connectivity index (χ3v) is 1.55. The molecule has 0 aliphatic heterocycles. The summed E-state index contributed by atoms with van der Waals surface area (Å²) in [5.41, 5.74) is 1.41. The fraction of sp³-hybridized carbons (Fsp3) is 0.222. The van der Waals surface area contributed by atoms with Gasteiger partial charge in [0.15, 0.2) is 11.6 Å². The maximum absolute atomic E-state index is 13.0. The van der Waals surface area contributed by atoms with Crippen molar-refractivity contribution < 1.29 is 23.5 Å². The van der Waals surface area contributed by atoms with Crippen LogP contribution in [0.4, 0.5) is 8.78 Å². The predicted octanol–water partition coefficient (Wildman–Crippen LogP) is 0.618. The zero-order chi connectivity index (χ0) is 11.3. The monoisotopic (exact) mass is 217 g/mol.